The molecule has 0 saturated carbocycles. The highest BCUT2D eigenvalue weighted by molar-refractivity contribution is 8.00. The van der Waals surface area contributed by atoms with Gasteiger partial charge in [-0.25, -0.2) is 4.98 Å². The standard InChI is InChI=1S/C24H28N4OS/c1-19(30-24-25-17-22(26(24)2)21-11-7-4-8-12-21)23(29)28-15-13-27(14-16-28)18-20-9-5-3-6-10-20/h3-12,17,19H,13-16,18H2,1-2H3/t19-/m1/s1. The van der Waals surface area contributed by atoms with E-state index in [2.05, 4.69) is 50.8 Å². The summed E-state index contributed by atoms with van der Waals surface area (Å²) in [6, 6.07) is 20.7. The lowest BCUT2D eigenvalue weighted by atomic mass is 10.2. The first-order valence-electron chi connectivity index (χ1n) is 10.4. The number of hydrogen-bond donors (Lipinski definition) is 0. The van der Waals surface area contributed by atoms with E-state index >= 15 is 0 Å². The lowest BCUT2D eigenvalue weighted by Gasteiger charge is -2.35. The highest BCUT2D eigenvalue weighted by Gasteiger charge is 2.26. The van der Waals surface area contributed by atoms with Crippen LogP contribution in [0.4, 0.5) is 0 Å². The Balaban J connectivity index is 1.32. The van der Waals surface area contributed by atoms with Crippen molar-refractivity contribution in [1.82, 2.24) is 19.4 Å². The number of carbonyl (C=O) groups excluding carboxylic acids is 1. The third kappa shape index (κ3) is 4.77. The monoisotopic (exact) mass is 420 g/mol. The Morgan fingerprint density at radius 2 is 1.63 bits per heavy atom. The number of hydrogen-bond acceptors (Lipinski definition) is 4. The van der Waals surface area contributed by atoms with E-state index in [4.69, 9.17) is 0 Å². The smallest absolute Gasteiger partial charge is 0.235 e. The van der Waals surface area contributed by atoms with Crippen molar-refractivity contribution in [3.63, 3.8) is 0 Å². The summed E-state index contributed by atoms with van der Waals surface area (Å²) < 4.78 is 2.07. The van der Waals surface area contributed by atoms with Crippen LogP contribution in [-0.4, -0.2) is 56.7 Å². The number of piperazine rings is 1. The van der Waals surface area contributed by atoms with Crippen LogP contribution in [0.25, 0.3) is 11.3 Å². The van der Waals surface area contributed by atoms with Gasteiger partial charge in [-0.05, 0) is 18.1 Å². The normalized spacial score (nSPS) is 15.9. The van der Waals surface area contributed by atoms with Gasteiger partial charge in [-0.15, -0.1) is 0 Å². The molecule has 2 heterocycles. The third-order valence-electron chi connectivity index (χ3n) is 5.58. The highest BCUT2D eigenvalue weighted by atomic mass is 32.2. The van der Waals surface area contributed by atoms with Crippen molar-refractivity contribution in [2.75, 3.05) is 26.2 Å². The van der Waals surface area contributed by atoms with Gasteiger partial charge in [-0.3, -0.25) is 9.69 Å². The summed E-state index contributed by atoms with van der Waals surface area (Å²) in [6.45, 7) is 6.33. The molecule has 0 unspecified atom stereocenters. The predicted molar refractivity (Wildman–Crippen MR) is 122 cm³/mol. The van der Waals surface area contributed by atoms with Gasteiger partial charge in [0, 0.05) is 39.8 Å². The topological polar surface area (TPSA) is 41.4 Å². The van der Waals surface area contributed by atoms with Gasteiger partial charge in [0.25, 0.3) is 0 Å². The first-order chi connectivity index (χ1) is 14.6. The fourth-order valence-corrected chi connectivity index (χ4v) is 4.75. The predicted octanol–water partition coefficient (Wildman–Crippen LogP) is 3.91. The van der Waals surface area contributed by atoms with Gasteiger partial charge in [-0.2, -0.15) is 0 Å². The Hall–Kier alpha value is -2.57. The summed E-state index contributed by atoms with van der Waals surface area (Å²) in [5.74, 6) is 0.198. The van der Waals surface area contributed by atoms with Gasteiger partial charge < -0.3 is 9.47 Å². The molecule has 0 spiro atoms. The molecule has 1 aliphatic heterocycles. The number of nitrogens with zero attached hydrogens (tertiary/aromatic N) is 4. The largest absolute Gasteiger partial charge is 0.339 e. The van der Waals surface area contributed by atoms with E-state index in [0.29, 0.717) is 0 Å². The minimum Gasteiger partial charge on any atom is -0.339 e. The lowest BCUT2D eigenvalue weighted by Crippen LogP contribution is -2.50. The quantitative estimate of drug-likeness (QED) is 0.567. The average molecular weight is 421 g/mol. The summed E-state index contributed by atoms with van der Waals surface area (Å²) in [5.41, 5.74) is 3.52. The second kappa shape index (κ2) is 9.49. The molecule has 0 aliphatic carbocycles. The molecule has 2 aromatic carbocycles. The molecule has 156 valence electrons. The Labute approximate surface area is 182 Å². The second-order valence-corrected chi connectivity index (χ2v) is 9.01. The van der Waals surface area contributed by atoms with Crippen molar-refractivity contribution >= 4 is 17.7 Å². The molecule has 6 heteroatoms. The lowest BCUT2D eigenvalue weighted by molar-refractivity contribution is -0.132. The number of carbonyl (C=O) groups is 1. The highest BCUT2D eigenvalue weighted by Crippen LogP contribution is 2.28. The van der Waals surface area contributed by atoms with E-state index in [1.165, 1.54) is 17.3 Å². The number of rotatable bonds is 6. The summed E-state index contributed by atoms with van der Waals surface area (Å²) in [4.78, 5) is 22.0. The summed E-state index contributed by atoms with van der Waals surface area (Å²) in [6.07, 6.45) is 1.89. The van der Waals surface area contributed by atoms with E-state index in [0.717, 1.165) is 49.1 Å². The van der Waals surface area contributed by atoms with E-state index < -0.39 is 0 Å². The van der Waals surface area contributed by atoms with Crippen LogP contribution in [0.15, 0.2) is 72.0 Å². The maximum atomic E-state index is 13.0. The first kappa shape index (κ1) is 20.7. The number of benzene rings is 2. The first-order valence-corrected chi connectivity index (χ1v) is 11.3. The molecule has 1 amide bonds. The molecule has 0 radical (unpaired) electrons. The van der Waals surface area contributed by atoms with Crippen LogP contribution in [-0.2, 0) is 18.4 Å². The Morgan fingerprint density at radius 1 is 1.00 bits per heavy atom. The zero-order chi connectivity index (χ0) is 20.9. The summed E-state index contributed by atoms with van der Waals surface area (Å²) >= 11 is 1.54. The van der Waals surface area contributed by atoms with Gasteiger partial charge in [0.1, 0.15) is 0 Å². The number of amides is 1. The maximum Gasteiger partial charge on any atom is 0.235 e. The van der Waals surface area contributed by atoms with E-state index in [1.54, 1.807) is 0 Å². The van der Waals surface area contributed by atoms with E-state index in [-0.39, 0.29) is 11.2 Å². The Morgan fingerprint density at radius 3 is 2.30 bits per heavy atom. The molecule has 30 heavy (non-hydrogen) atoms. The summed E-state index contributed by atoms with van der Waals surface area (Å²) in [5, 5.41) is 0.716. The van der Waals surface area contributed by atoms with Crippen LogP contribution in [0, 0.1) is 0 Å². The van der Waals surface area contributed by atoms with Crippen molar-refractivity contribution in [1.29, 1.82) is 0 Å². The van der Waals surface area contributed by atoms with Gasteiger partial charge in [0.2, 0.25) is 5.91 Å². The van der Waals surface area contributed by atoms with Gasteiger partial charge >= 0.3 is 0 Å². The minimum absolute atomic E-state index is 0.157. The zero-order valence-electron chi connectivity index (χ0n) is 17.6. The Bertz CT molecular complexity index is 965. The van der Waals surface area contributed by atoms with Crippen molar-refractivity contribution in [3.05, 3.63) is 72.4 Å². The van der Waals surface area contributed by atoms with Crippen molar-refractivity contribution in [3.8, 4) is 11.3 Å². The van der Waals surface area contributed by atoms with E-state index in [1.807, 2.05) is 49.3 Å². The van der Waals surface area contributed by atoms with Crippen LogP contribution >= 0.6 is 11.8 Å². The van der Waals surface area contributed by atoms with Crippen molar-refractivity contribution in [2.45, 2.75) is 23.9 Å². The molecule has 1 saturated heterocycles. The molecule has 1 atom stereocenters. The Kier molecular flexibility index (Phi) is 6.55. The van der Waals surface area contributed by atoms with Crippen LogP contribution in [0.3, 0.4) is 0 Å². The molecule has 0 N–H and O–H groups in total. The van der Waals surface area contributed by atoms with Crippen LogP contribution in [0.5, 0.6) is 0 Å². The van der Waals surface area contributed by atoms with Crippen molar-refractivity contribution < 1.29 is 4.79 Å². The van der Waals surface area contributed by atoms with Gasteiger partial charge in [-0.1, -0.05) is 72.4 Å². The number of aromatic nitrogens is 2. The van der Waals surface area contributed by atoms with Crippen LogP contribution in [0.2, 0.25) is 0 Å². The average Bonchev–Trinajstić information content (AvgIpc) is 3.15. The van der Waals surface area contributed by atoms with Gasteiger partial charge in [0.15, 0.2) is 5.16 Å². The fraction of sp³-hybridized carbons (Fsp3) is 0.333. The van der Waals surface area contributed by atoms with Gasteiger partial charge in [0.05, 0.1) is 17.1 Å². The molecular formula is C24H28N4OS. The molecule has 1 fully saturated rings. The second-order valence-electron chi connectivity index (χ2n) is 7.70. The molecule has 1 aromatic heterocycles. The molecular weight excluding hydrogens is 392 g/mol. The van der Waals surface area contributed by atoms with Crippen molar-refractivity contribution in [2.24, 2.45) is 7.05 Å². The van der Waals surface area contributed by atoms with Crippen LogP contribution in [0.1, 0.15) is 12.5 Å². The molecule has 5 nitrogen and oxygen atoms in total. The SMILES string of the molecule is C[C@@H](Sc1ncc(-c2ccccc2)n1C)C(=O)N1CCN(Cc2ccccc2)CC1. The zero-order valence-corrected chi connectivity index (χ0v) is 18.4. The van der Waals surface area contributed by atoms with E-state index in [9.17, 15) is 4.79 Å². The molecule has 1 aliphatic rings. The number of imidazole rings is 1. The molecule has 3 aromatic rings. The fourth-order valence-electron chi connectivity index (χ4n) is 3.81. The molecule has 4 rings (SSSR count). The minimum atomic E-state index is -0.157. The maximum absolute atomic E-state index is 13.0. The number of thioether (sulfide) groups is 1. The molecule has 0 bridgehead atoms. The third-order valence-corrected chi connectivity index (χ3v) is 6.72. The van der Waals surface area contributed by atoms with Crippen LogP contribution < -0.4 is 0 Å². The summed E-state index contributed by atoms with van der Waals surface area (Å²) in [7, 11) is 2.01.